The highest BCUT2D eigenvalue weighted by Crippen LogP contribution is 2.37. The van der Waals surface area contributed by atoms with Gasteiger partial charge in [0.1, 0.15) is 5.75 Å². The topological polar surface area (TPSA) is 53.1 Å². The zero-order valence-electron chi connectivity index (χ0n) is 13.5. The molecule has 0 aliphatic carbocycles. The summed E-state index contributed by atoms with van der Waals surface area (Å²) in [6, 6.07) is 6.62. The molecule has 0 atom stereocenters. The summed E-state index contributed by atoms with van der Waals surface area (Å²) < 4.78 is 69.2. The molecule has 2 aromatic carbocycles. The maximum Gasteiger partial charge on any atom is 0.573 e. The molecule has 3 rings (SSSR count). The van der Waals surface area contributed by atoms with E-state index in [-0.39, 0.29) is 28.9 Å². The molecule has 0 aliphatic heterocycles. The summed E-state index contributed by atoms with van der Waals surface area (Å²) in [5, 5.41) is 0. The number of aromatic nitrogens is 2. The van der Waals surface area contributed by atoms with Crippen molar-refractivity contribution < 1.29 is 26.7 Å². The monoisotopic (exact) mass is 371 g/mol. The van der Waals surface area contributed by atoms with Crippen molar-refractivity contribution in [1.29, 1.82) is 0 Å². The quantitative estimate of drug-likeness (QED) is 0.686. The van der Waals surface area contributed by atoms with Gasteiger partial charge in [-0.2, -0.15) is 0 Å². The van der Waals surface area contributed by atoms with Crippen molar-refractivity contribution >= 4 is 11.0 Å². The molecule has 0 saturated heterocycles. The number of hydrogen-bond acceptors (Lipinski definition) is 3. The molecule has 0 fully saturated rings. The Labute approximate surface area is 145 Å². The van der Waals surface area contributed by atoms with Gasteiger partial charge in [-0.3, -0.25) is 0 Å². The number of alkyl halides is 5. The summed E-state index contributed by atoms with van der Waals surface area (Å²) in [6.45, 7) is -0.108. The number of nitrogens with zero attached hydrogens (tertiary/aromatic N) is 2. The number of ether oxygens (including phenoxy) is 1. The number of nitrogens with two attached hydrogens (primary N) is 1. The molecule has 4 nitrogen and oxygen atoms in total. The highest BCUT2D eigenvalue weighted by Gasteiger charge is 2.31. The molecule has 9 heteroatoms. The lowest BCUT2D eigenvalue weighted by Gasteiger charge is -2.14. The van der Waals surface area contributed by atoms with Crippen molar-refractivity contribution in [2.24, 2.45) is 12.8 Å². The van der Waals surface area contributed by atoms with E-state index in [0.29, 0.717) is 16.6 Å². The number of fused-ring (bicyclic) bond motifs is 1. The molecule has 0 bridgehead atoms. The van der Waals surface area contributed by atoms with Gasteiger partial charge in [-0.1, -0.05) is 12.1 Å². The maximum absolute atomic E-state index is 13.5. The summed E-state index contributed by atoms with van der Waals surface area (Å²) in [5.41, 5.74) is 7.28. The third-order valence-electron chi connectivity index (χ3n) is 3.95. The van der Waals surface area contributed by atoms with Gasteiger partial charge in [0, 0.05) is 24.7 Å². The van der Waals surface area contributed by atoms with Crippen LogP contribution in [0.25, 0.3) is 22.2 Å². The first-order valence-corrected chi connectivity index (χ1v) is 7.52. The minimum atomic E-state index is -4.79. The number of halogens is 5. The second-order valence-corrected chi connectivity index (χ2v) is 5.63. The van der Waals surface area contributed by atoms with Crippen molar-refractivity contribution in [3.63, 3.8) is 0 Å². The van der Waals surface area contributed by atoms with E-state index in [4.69, 9.17) is 5.73 Å². The maximum atomic E-state index is 13.5. The Kier molecular flexibility index (Phi) is 4.57. The molecule has 2 N–H and O–H groups in total. The molecule has 0 radical (unpaired) electrons. The summed E-state index contributed by atoms with van der Waals surface area (Å²) in [4.78, 5) is 4.17. The molecular formula is C17H14F5N3O. The lowest BCUT2D eigenvalue weighted by Crippen LogP contribution is -2.16. The molecule has 1 heterocycles. The molecule has 138 valence electrons. The van der Waals surface area contributed by atoms with E-state index in [1.165, 1.54) is 29.1 Å². The fraction of sp³-hybridized carbons (Fsp3) is 0.235. The van der Waals surface area contributed by atoms with E-state index in [1.807, 2.05) is 0 Å². The molecule has 0 saturated carbocycles. The highest BCUT2D eigenvalue weighted by molar-refractivity contribution is 5.95. The third-order valence-corrected chi connectivity index (χ3v) is 3.95. The molecule has 3 aromatic rings. The molecule has 0 aliphatic rings. The zero-order chi connectivity index (χ0) is 19.1. The number of rotatable bonds is 4. The van der Waals surface area contributed by atoms with Crippen molar-refractivity contribution in [2.75, 3.05) is 0 Å². The van der Waals surface area contributed by atoms with Gasteiger partial charge in [0.05, 0.1) is 17.4 Å². The SMILES string of the molecule is Cn1cnc2c(-c3ccc(OC(F)(F)F)cc3)cc(CN)c(C(F)F)c21. The number of aryl methyl sites for hydroxylation is 1. The van der Waals surface area contributed by atoms with Crippen LogP contribution < -0.4 is 10.5 Å². The zero-order valence-corrected chi connectivity index (χ0v) is 13.5. The Bertz CT molecular complexity index is 932. The van der Waals surface area contributed by atoms with Gasteiger partial charge >= 0.3 is 6.36 Å². The number of benzene rings is 2. The molecule has 0 amide bonds. The largest absolute Gasteiger partial charge is 0.573 e. The van der Waals surface area contributed by atoms with E-state index >= 15 is 0 Å². The summed E-state index contributed by atoms with van der Waals surface area (Å²) in [7, 11) is 1.59. The number of hydrogen-bond donors (Lipinski definition) is 1. The molecule has 26 heavy (non-hydrogen) atoms. The average molecular weight is 371 g/mol. The van der Waals surface area contributed by atoms with E-state index in [2.05, 4.69) is 9.72 Å². The van der Waals surface area contributed by atoms with Crippen molar-refractivity contribution in [3.8, 4) is 16.9 Å². The predicted molar refractivity (Wildman–Crippen MR) is 85.7 cm³/mol. The summed E-state index contributed by atoms with van der Waals surface area (Å²) in [5.74, 6) is -0.373. The van der Waals surface area contributed by atoms with Gasteiger partial charge in [-0.05, 0) is 29.3 Å². The lowest BCUT2D eigenvalue weighted by atomic mass is 9.96. The van der Waals surface area contributed by atoms with Crippen molar-refractivity contribution in [1.82, 2.24) is 9.55 Å². The van der Waals surface area contributed by atoms with Crippen molar-refractivity contribution in [2.45, 2.75) is 19.3 Å². The van der Waals surface area contributed by atoms with Crippen LogP contribution in [0, 0.1) is 0 Å². The van der Waals surface area contributed by atoms with Crippen LogP contribution in [0.1, 0.15) is 17.6 Å². The van der Waals surface area contributed by atoms with Gasteiger partial charge in [-0.15, -0.1) is 13.2 Å². The van der Waals surface area contributed by atoms with Crippen LogP contribution in [0.3, 0.4) is 0 Å². The Morgan fingerprint density at radius 1 is 1.19 bits per heavy atom. The molecular weight excluding hydrogens is 357 g/mol. The van der Waals surface area contributed by atoms with Gasteiger partial charge in [0.25, 0.3) is 6.43 Å². The Balaban J connectivity index is 2.15. The predicted octanol–water partition coefficient (Wildman–Crippen LogP) is 4.54. The van der Waals surface area contributed by atoms with Crippen LogP contribution in [0.15, 0.2) is 36.7 Å². The Morgan fingerprint density at radius 3 is 2.38 bits per heavy atom. The standard InChI is InChI=1S/C17H14F5N3O/c1-25-8-24-14-12(6-10(7-23)13(15(14)25)16(18)19)9-2-4-11(5-3-9)26-17(20,21)22/h2-6,8,16H,7,23H2,1H3. The molecule has 0 unspecified atom stereocenters. The van der Waals surface area contributed by atoms with Crippen LogP contribution in [0.5, 0.6) is 5.75 Å². The van der Waals surface area contributed by atoms with E-state index < -0.39 is 12.8 Å². The van der Waals surface area contributed by atoms with E-state index in [9.17, 15) is 22.0 Å². The first kappa shape index (κ1) is 18.1. The van der Waals surface area contributed by atoms with Gasteiger partial charge in [0.2, 0.25) is 0 Å². The minimum absolute atomic E-state index is 0.108. The van der Waals surface area contributed by atoms with Gasteiger partial charge < -0.3 is 15.0 Å². The average Bonchev–Trinajstić information content (AvgIpc) is 2.94. The van der Waals surface area contributed by atoms with Crippen LogP contribution in [-0.2, 0) is 13.6 Å². The smallest absolute Gasteiger partial charge is 0.406 e. The van der Waals surface area contributed by atoms with Gasteiger partial charge in [0.15, 0.2) is 0 Å². The fourth-order valence-corrected chi connectivity index (χ4v) is 2.89. The minimum Gasteiger partial charge on any atom is -0.406 e. The summed E-state index contributed by atoms with van der Waals surface area (Å²) >= 11 is 0. The molecule has 1 aromatic heterocycles. The van der Waals surface area contributed by atoms with Crippen LogP contribution in [-0.4, -0.2) is 15.9 Å². The second kappa shape index (κ2) is 6.56. The third kappa shape index (κ3) is 3.34. The van der Waals surface area contributed by atoms with E-state index in [1.54, 1.807) is 7.05 Å². The normalized spacial score (nSPS) is 12.2. The first-order chi connectivity index (χ1) is 12.2. The first-order valence-electron chi connectivity index (χ1n) is 7.52. The molecule has 0 spiro atoms. The van der Waals surface area contributed by atoms with Crippen LogP contribution in [0.2, 0.25) is 0 Å². The van der Waals surface area contributed by atoms with Crippen molar-refractivity contribution in [3.05, 3.63) is 47.8 Å². The van der Waals surface area contributed by atoms with Crippen LogP contribution >= 0.6 is 0 Å². The highest BCUT2D eigenvalue weighted by atomic mass is 19.4. The second-order valence-electron chi connectivity index (χ2n) is 5.63. The lowest BCUT2D eigenvalue weighted by molar-refractivity contribution is -0.274. The number of imidazole rings is 1. The van der Waals surface area contributed by atoms with Crippen LogP contribution in [0.4, 0.5) is 22.0 Å². The summed E-state index contributed by atoms with van der Waals surface area (Å²) in [6.07, 6.45) is -6.12. The Hall–Kier alpha value is -2.68. The Morgan fingerprint density at radius 2 is 1.85 bits per heavy atom. The fourth-order valence-electron chi connectivity index (χ4n) is 2.89. The van der Waals surface area contributed by atoms with Gasteiger partial charge in [-0.25, -0.2) is 13.8 Å². The van der Waals surface area contributed by atoms with E-state index in [0.717, 1.165) is 12.1 Å².